The first-order valence-electron chi connectivity index (χ1n) is 16.4. The van der Waals surface area contributed by atoms with Crippen LogP contribution in [0.1, 0.15) is 13.8 Å². The summed E-state index contributed by atoms with van der Waals surface area (Å²) in [5, 5.41) is 7.33. The SMILES string of the molecule is CC.c1ccc(-c2ccc(-c3c4ccccc4c(-c4ccc(-c5cccc6c5oc5ccccc56)cc4)c4ccccc34)cc2)cc1. The summed E-state index contributed by atoms with van der Waals surface area (Å²) >= 11 is 0. The van der Waals surface area contributed by atoms with Gasteiger partial charge in [0.25, 0.3) is 0 Å². The first kappa shape index (κ1) is 28.5. The number of rotatable bonds is 4. The Bertz CT molecular complexity index is 2440. The van der Waals surface area contributed by atoms with Gasteiger partial charge in [-0.3, -0.25) is 0 Å². The second-order valence-electron chi connectivity index (χ2n) is 11.6. The quantitative estimate of drug-likeness (QED) is 0.183. The monoisotopic (exact) mass is 602 g/mol. The molecule has 47 heavy (non-hydrogen) atoms. The summed E-state index contributed by atoms with van der Waals surface area (Å²) < 4.78 is 6.36. The van der Waals surface area contributed by atoms with Crippen molar-refractivity contribution in [1.29, 1.82) is 0 Å². The highest BCUT2D eigenvalue weighted by molar-refractivity contribution is 6.21. The fraction of sp³-hybridized carbons (Fsp3) is 0.0435. The number of para-hydroxylation sites is 2. The van der Waals surface area contributed by atoms with E-state index >= 15 is 0 Å². The molecule has 0 aliphatic rings. The minimum Gasteiger partial charge on any atom is -0.455 e. The lowest BCUT2D eigenvalue weighted by Gasteiger charge is -2.18. The lowest BCUT2D eigenvalue weighted by Crippen LogP contribution is -1.91. The Balaban J connectivity index is 0.00000159. The molecule has 0 radical (unpaired) electrons. The summed E-state index contributed by atoms with van der Waals surface area (Å²) in [6, 6.07) is 60.9. The van der Waals surface area contributed by atoms with Crippen molar-refractivity contribution in [3.05, 3.63) is 170 Å². The third-order valence-electron chi connectivity index (χ3n) is 9.10. The first-order chi connectivity index (χ1) is 23.3. The molecule has 1 heterocycles. The molecule has 0 N–H and O–H groups in total. The molecule has 0 aliphatic carbocycles. The van der Waals surface area contributed by atoms with E-state index in [2.05, 4.69) is 158 Å². The summed E-state index contributed by atoms with van der Waals surface area (Å²) in [7, 11) is 0. The van der Waals surface area contributed by atoms with E-state index in [4.69, 9.17) is 4.42 Å². The Morgan fingerprint density at radius 2 is 0.702 bits per heavy atom. The zero-order valence-corrected chi connectivity index (χ0v) is 26.6. The molecule has 8 aromatic carbocycles. The topological polar surface area (TPSA) is 13.1 Å². The van der Waals surface area contributed by atoms with Gasteiger partial charge in [-0.2, -0.15) is 0 Å². The Morgan fingerprint density at radius 1 is 0.298 bits per heavy atom. The van der Waals surface area contributed by atoms with Gasteiger partial charge >= 0.3 is 0 Å². The predicted octanol–water partition coefficient (Wildman–Crippen LogP) is 13.6. The molecule has 1 aromatic heterocycles. The fourth-order valence-corrected chi connectivity index (χ4v) is 7.00. The maximum Gasteiger partial charge on any atom is 0.143 e. The molecule has 1 heteroatoms. The van der Waals surface area contributed by atoms with E-state index in [1.54, 1.807) is 0 Å². The van der Waals surface area contributed by atoms with Crippen molar-refractivity contribution in [2.45, 2.75) is 13.8 Å². The van der Waals surface area contributed by atoms with Crippen molar-refractivity contribution in [2.75, 3.05) is 0 Å². The van der Waals surface area contributed by atoms with Gasteiger partial charge in [-0.15, -0.1) is 0 Å². The standard InChI is InChI=1S/C44H28O.C2H6/c1-2-11-29(12-3-1)30-21-25-32(26-22-30)42-36-14-4-6-16-38(36)43(39-17-7-5-15-37(39)42)33-27-23-31(24-28-33)34-18-10-19-40-35-13-8-9-20-41(35)45-44(34)40;1-2/h1-28H;1-2H3. The van der Waals surface area contributed by atoms with Crippen molar-refractivity contribution >= 4 is 43.5 Å². The molecular weight excluding hydrogens is 569 g/mol. The number of hydrogen-bond donors (Lipinski definition) is 0. The van der Waals surface area contributed by atoms with E-state index in [-0.39, 0.29) is 0 Å². The minimum absolute atomic E-state index is 0.921. The minimum atomic E-state index is 0.921. The third-order valence-corrected chi connectivity index (χ3v) is 9.10. The van der Waals surface area contributed by atoms with Crippen LogP contribution in [-0.4, -0.2) is 0 Å². The van der Waals surface area contributed by atoms with Crippen molar-refractivity contribution < 1.29 is 4.42 Å². The van der Waals surface area contributed by atoms with Crippen LogP contribution in [0.15, 0.2) is 174 Å². The smallest absolute Gasteiger partial charge is 0.143 e. The zero-order valence-electron chi connectivity index (χ0n) is 26.6. The fourth-order valence-electron chi connectivity index (χ4n) is 7.00. The van der Waals surface area contributed by atoms with Gasteiger partial charge in [-0.25, -0.2) is 0 Å². The van der Waals surface area contributed by atoms with Crippen LogP contribution in [0.3, 0.4) is 0 Å². The molecule has 0 spiro atoms. The second-order valence-corrected chi connectivity index (χ2v) is 11.6. The van der Waals surface area contributed by atoms with E-state index < -0.39 is 0 Å². The Kier molecular flexibility index (Phi) is 7.36. The van der Waals surface area contributed by atoms with Gasteiger partial charge in [0.15, 0.2) is 0 Å². The average Bonchev–Trinajstić information content (AvgIpc) is 3.54. The summed E-state index contributed by atoms with van der Waals surface area (Å²) in [6.07, 6.45) is 0. The first-order valence-corrected chi connectivity index (χ1v) is 16.4. The van der Waals surface area contributed by atoms with Gasteiger partial charge < -0.3 is 4.42 Å². The maximum absolute atomic E-state index is 6.36. The zero-order chi connectivity index (χ0) is 31.7. The van der Waals surface area contributed by atoms with Gasteiger partial charge in [0.2, 0.25) is 0 Å². The molecular formula is C46H34O. The molecule has 0 bridgehead atoms. The molecule has 0 atom stereocenters. The Morgan fingerprint density at radius 3 is 1.26 bits per heavy atom. The van der Waals surface area contributed by atoms with Crippen LogP contribution < -0.4 is 0 Å². The molecule has 0 saturated carbocycles. The van der Waals surface area contributed by atoms with E-state index in [0.29, 0.717) is 0 Å². The molecule has 9 rings (SSSR count). The highest BCUT2D eigenvalue weighted by Crippen LogP contribution is 2.44. The highest BCUT2D eigenvalue weighted by Gasteiger charge is 2.17. The molecule has 9 aromatic rings. The van der Waals surface area contributed by atoms with Crippen molar-refractivity contribution in [3.8, 4) is 44.5 Å². The number of hydrogen-bond acceptors (Lipinski definition) is 1. The molecule has 1 nitrogen and oxygen atoms in total. The molecule has 0 aliphatic heterocycles. The molecule has 0 amide bonds. The van der Waals surface area contributed by atoms with Crippen molar-refractivity contribution in [2.24, 2.45) is 0 Å². The van der Waals surface area contributed by atoms with Crippen LogP contribution in [0.5, 0.6) is 0 Å². The predicted molar refractivity (Wildman–Crippen MR) is 202 cm³/mol. The van der Waals surface area contributed by atoms with Gasteiger partial charge in [0.1, 0.15) is 11.2 Å². The maximum atomic E-state index is 6.36. The Labute approximate surface area is 275 Å². The molecule has 0 saturated heterocycles. The van der Waals surface area contributed by atoms with Gasteiger partial charge in [0.05, 0.1) is 0 Å². The summed E-state index contributed by atoms with van der Waals surface area (Å²) in [5.41, 5.74) is 11.5. The van der Waals surface area contributed by atoms with E-state index in [1.807, 2.05) is 26.0 Å². The largest absolute Gasteiger partial charge is 0.455 e. The normalized spacial score (nSPS) is 11.2. The van der Waals surface area contributed by atoms with Crippen LogP contribution in [0, 0.1) is 0 Å². The molecule has 0 unspecified atom stereocenters. The van der Waals surface area contributed by atoms with E-state index in [1.165, 1.54) is 54.9 Å². The van der Waals surface area contributed by atoms with E-state index in [9.17, 15) is 0 Å². The van der Waals surface area contributed by atoms with Crippen molar-refractivity contribution in [3.63, 3.8) is 0 Å². The summed E-state index contributed by atoms with van der Waals surface area (Å²) in [6.45, 7) is 4.00. The van der Waals surface area contributed by atoms with Crippen LogP contribution in [0.2, 0.25) is 0 Å². The number of furan rings is 1. The summed E-state index contributed by atoms with van der Waals surface area (Å²) in [5.74, 6) is 0. The van der Waals surface area contributed by atoms with Gasteiger partial charge in [-0.1, -0.05) is 178 Å². The average molecular weight is 603 g/mol. The van der Waals surface area contributed by atoms with E-state index in [0.717, 1.165) is 33.1 Å². The second kappa shape index (κ2) is 12.1. The van der Waals surface area contributed by atoms with Crippen LogP contribution in [0.4, 0.5) is 0 Å². The Hall–Kier alpha value is -5.92. The molecule has 0 fully saturated rings. The third kappa shape index (κ3) is 4.88. The van der Waals surface area contributed by atoms with Crippen LogP contribution in [-0.2, 0) is 0 Å². The number of benzene rings is 8. The van der Waals surface area contributed by atoms with Gasteiger partial charge in [-0.05, 0) is 66.6 Å². The van der Waals surface area contributed by atoms with Crippen LogP contribution >= 0.6 is 0 Å². The lowest BCUT2D eigenvalue weighted by atomic mass is 9.85. The van der Waals surface area contributed by atoms with Crippen molar-refractivity contribution in [1.82, 2.24) is 0 Å². The molecule has 224 valence electrons. The van der Waals surface area contributed by atoms with Gasteiger partial charge in [0, 0.05) is 16.3 Å². The van der Waals surface area contributed by atoms with Crippen LogP contribution in [0.25, 0.3) is 88.0 Å². The summed E-state index contributed by atoms with van der Waals surface area (Å²) in [4.78, 5) is 0. The lowest BCUT2D eigenvalue weighted by molar-refractivity contribution is 0.670. The number of fused-ring (bicyclic) bond motifs is 5. The highest BCUT2D eigenvalue weighted by atomic mass is 16.3.